The molecule has 2 aromatic carbocycles. The lowest BCUT2D eigenvalue weighted by atomic mass is 10.1. The number of halogens is 1. The monoisotopic (exact) mass is 313 g/mol. The summed E-state index contributed by atoms with van der Waals surface area (Å²) in [4.78, 5) is 13.7. The average Bonchev–Trinajstić information content (AvgIpc) is 2.52. The Morgan fingerprint density at radius 3 is 2.45 bits per heavy atom. The van der Waals surface area contributed by atoms with Crippen molar-refractivity contribution in [2.45, 2.75) is 6.54 Å². The quantitative estimate of drug-likeness (QED) is 0.852. The van der Waals surface area contributed by atoms with Gasteiger partial charge in [-0.1, -0.05) is 35.9 Å². The van der Waals surface area contributed by atoms with Crippen molar-refractivity contribution >= 4 is 28.9 Å². The highest BCUT2D eigenvalue weighted by molar-refractivity contribution is 6.30. The van der Waals surface area contributed by atoms with E-state index in [0.29, 0.717) is 23.8 Å². The Balaban J connectivity index is 1.82. The number of hydrogen-bond donors (Lipinski definition) is 2. The van der Waals surface area contributed by atoms with Crippen LogP contribution in [0, 0.1) is 0 Å². The van der Waals surface area contributed by atoms with Crippen molar-refractivity contribution in [2.24, 2.45) is 0 Å². The molecule has 112 valence electrons. The highest BCUT2D eigenvalue weighted by atomic mass is 35.5. The molecule has 3 N–H and O–H groups in total. The van der Waals surface area contributed by atoms with E-state index in [9.17, 15) is 4.79 Å². The predicted octanol–water partition coefficient (Wildman–Crippen LogP) is 3.49. The number of urea groups is 1. The van der Waals surface area contributed by atoms with E-state index < -0.39 is 0 Å². The van der Waals surface area contributed by atoms with Crippen molar-refractivity contribution < 1.29 is 4.79 Å². The van der Waals surface area contributed by atoms with Gasteiger partial charge in [0, 0.05) is 23.5 Å². The minimum Gasteiger partial charge on any atom is -0.399 e. The van der Waals surface area contributed by atoms with Gasteiger partial charge in [0.15, 0.2) is 0 Å². The third kappa shape index (κ3) is 3.23. The molecule has 2 amide bonds. The van der Waals surface area contributed by atoms with Gasteiger partial charge in [-0.15, -0.1) is 0 Å². The lowest BCUT2D eigenvalue weighted by Crippen LogP contribution is -2.41. The molecule has 0 bridgehead atoms. The van der Waals surface area contributed by atoms with Crippen LogP contribution in [0.3, 0.4) is 0 Å². The van der Waals surface area contributed by atoms with Crippen LogP contribution in [-0.4, -0.2) is 17.5 Å². The molecule has 0 aromatic heterocycles. The number of nitrogen functional groups attached to an aromatic ring is 1. The molecule has 2 aromatic rings. The molecule has 0 saturated carbocycles. The summed E-state index contributed by atoms with van der Waals surface area (Å²) in [6, 6.07) is 15.0. The number of amides is 2. The molecule has 4 nitrogen and oxygen atoms in total. The Morgan fingerprint density at radius 2 is 1.77 bits per heavy atom. The fourth-order valence-electron chi connectivity index (χ4n) is 2.34. The van der Waals surface area contributed by atoms with Crippen molar-refractivity contribution in [2.75, 3.05) is 12.3 Å². The zero-order chi connectivity index (χ0) is 15.5. The van der Waals surface area contributed by atoms with Gasteiger partial charge in [-0.2, -0.15) is 0 Å². The summed E-state index contributed by atoms with van der Waals surface area (Å²) in [7, 11) is 0. The van der Waals surface area contributed by atoms with Crippen LogP contribution in [-0.2, 0) is 6.54 Å². The molecule has 1 aliphatic rings. The summed E-state index contributed by atoms with van der Waals surface area (Å²) in [5.74, 6) is 0. The van der Waals surface area contributed by atoms with Crippen LogP contribution in [0.15, 0.2) is 54.7 Å². The smallest absolute Gasteiger partial charge is 0.321 e. The lowest BCUT2D eigenvalue weighted by Gasteiger charge is -2.26. The third-order valence-corrected chi connectivity index (χ3v) is 3.80. The number of rotatable bonds is 3. The van der Waals surface area contributed by atoms with Crippen molar-refractivity contribution in [3.05, 3.63) is 70.9 Å². The van der Waals surface area contributed by atoms with Gasteiger partial charge in [0.1, 0.15) is 0 Å². The molecule has 0 atom stereocenters. The topological polar surface area (TPSA) is 58.4 Å². The number of anilines is 1. The Labute approximate surface area is 134 Å². The molecule has 0 saturated heterocycles. The summed E-state index contributed by atoms with van der Waals surface area (Å²) < 4.78 is 0. The van der Waals surface area contributed by atoms with E-state index in [-0.39, 0.29) is 6.03 Å². The SMILES string of the molecule is Nc1ccc(CN2C=C(c3ccc(Cl)cc3)CNC2=O)cc1. The summed E-state index contributed by atoms with van der Waals surface area (Å²) >= 11 is 5.91. The van der Waals surface area contributed by atoms with E-state index in [1.165, 1.54) is 0 Å². The maximum atomic E-state index is 12.0. The van der Waals surface area contributed by atoms with Gasteiger partial charge in [-0.25, -0.2) is 4.79 Å². The van der Waals surface area contributed by atoms with Crippen LogP contribution >= 0.6 is 11.6 Å². The Bertz CT molecular complexity index is 708. The summed E-state index contributed by atoms with van der Waals surface area (Å²) in [5.41, 5.74) is 9.52. The first-order chi connectivity index (χ1) is 10.6. The van der Waals surface area contributed by atoms with Gasteiger partial charge in [0.05, 0.1) is 6.54 Å². The number of hydrogen-bond acceptors (Lipinski definition) is 2. The molecule has 0 spiro atoms. The minimum atomic E-state index is -0.102. The lowest BCUT2D eigenvalue weighted by molar-refractivity contribution is 0.213. The fourth-order valence-corrected chi connectivity index (χ4v) is 2.47. The Morgan fingerprint density at radius 1 is 1.09 bits per heavy atom. The van der Waals surface area contributed by atoms with Gasteiger partial charge in [0.25, 0.3) is 0 Å². The van der Waals surface area contributed by atoms with Gasteiger partial charge < -0.3 is 11.1 Å². The van der Waals surface area contributed by atoms with Crippen LogP contribution in [0.2, 0.25) is 5.02 Å². The molecular formula is C17H16ClN3O. The van der Waals surface area contributed by atoms with Crippen molar-refractivity contribution in [3.8, 4) is 0 Å². The Kier molecular flexibility index (Phi) is 4.02. The first-order valence-corrected chi connectivity index (χ1v) is 7.35. The average molecular weight is 314 g/mol. The van der Waals surface area contributed by atoms with Gasteiger partial charge in [-0.3, -0.25) is 4.90 Å². The molecule has 1 heterocycles. The van der Waals surface area contributed by atoms with Crippen LogP contribution in [0.4, 0.5) is 10.5 Å². The molecule has 1 aliphatic heterocycles. The molecule has 3 rings (SSSR count). The van der Waals surface area contributed by atoms with Gasteiger partial charge >= 0.3 is 6.03 Å². The second-order valence-electron chi connectivity index (χ2n) is 5.19. The summed E-state index contributed by atoms with van der Waals surface area (Å²) in [6.45, 7) is 1.02. The molecule has 0 aliphatic carbocycles. The minimum absolute atomic E-state index is 0.102. The van der Waals surface area contributed by atoms with Crippen LogP contribution in [0.25, 0.3) is 5.57 Å². The number of nitrogens with two attached hydrogens (primary N) is 1. The molecule has 0 fully saturated rings. The zero-order valence-corrected chi connectivity index (χ0v) is 12.7. The second-order valence-corrected chi connectivity index (χ2v) is 5.63. The van der Waals surface area contributed by atoms with Crippen LogP contribution in [0.5, 0.6) is 0 Å². The van der Waals surface area contributed by atoms with Crippen molar-refractivity contribution in [3.63, 3.8) is 0 Å². The van der Waals surface area contributed by atoms with E-state index in [0.717, 1.165) is 16.7 Å². The van der Waals surface area contributed by atoms with Crippen molar-refractivity contribution in [1.82, 2.24) is 10.2 Å². The number of nitrogens with one attached hydrogen (secondary N) is 1. The second kappa shape index (κ2) is 6.12. The number of benzene rings is 2. The summed E-state index contributed by atoms with van der Waals surface area (Å²) in [6.07, 6.45) is 1.89. The van der Waals surface area contributed by atoms with E-state index in [1.54, 1.807) is 4.90 Å². The molecule has 0 unspecified atom stereocenters. The highest BCUT2D eigenvalue weighted by Crippen LogP contribution is 2.21. The summed E-state index contributed by atoms with van der Waals surface area (Å²) in [5, 5.41) is 3.59. The predicted molar refractivity (Wildman–Crippen MR) is 89.2 cm³/mol. The number of carbonyl (C=O) groups is 1. The highest BCUT2D eigenvalue weighted by Gasteiger charge is 2.18. The van der Waals surface area contributed by atoms with E-state index in [2.05, 4.69) is 5.32 Å². The molecule has 5 heteroatoms. The molecular weight excluding hydrogens is 298 g/mol. The maximum Gasteiger partial charge on any atom is 0.321 e. The van der Waals surface area contributed by atoms with E-state index in [1.807, 2.05) is 54.7 Å². The Hall–Kier alpha value is -2.46. The fraction of sp³-hybridized carbons (Fsp3) is 0.118. The number of carbonyl (C=O) groups excluding carboxylic acids is 1. The standard InChI is InChI=1S/C17H16ClN3O/c18-15-5-3-13(4-6-15)14-9-20-17(22)21(11-14)10-12-1-7-16(19)8-2-12/h1-8,11H,9-10,19H2,(H,20,22). The maximum absolute atomic E-state index is 12.0. The van der Waals surface area contributed by atoms with Crippen molar-refractivity contribution in [1.29, 1.82) is 0 Å². The number of nitrogens with zero attached hydrogens (tertiary/aromatic N) is 1. The van der Waals surface area contributed by atoms with Crippen LogP contribution < -0.4 is 11.1 Å². The largest absolute Gasteiger partial charge is 0.399 e. The first-order valence-electron chi connectivity index (χ1n) is 6.97. The van der Waals surface area contributed by atoms with Gasteiger partial charge in [-0.05, 0) is 41.0 Å². The molecule has 22 heavy (non-hydrogen) atoms. The van der Waals surface area contributed by atoms with Crippen LogP contribution in [0.1, 0.15) is 11.1 Å². The normalized spacial score (nSPS) is 14.5. The van der Waals surface area contributed by atoms with E-state index in [4.69, 9.17) is 17.3 Å². The molecule has 0 radical (unpaired) electrons. The van der Waals surface area contributed by atoms with Gasteiger partial charge in [0.2, 0.25) is 0 Å². The zero-order valence-electron chi connectivity index (χ0n) is 11.9. The third-order valence-electron chi connectivity index (χ3n) is 3.55. The first kappa shape index (κ1) is 14.5. The van der Waals surface area contributed by atoms with E-state index >= 15 is 0 Å².